The normalized spacial score (nSPS) is 52.7. The summed E-state index contributed by atoms with van der Waals surface area (Å²) in [6.07, 6.45) is 3.48. The molecule has 4 aliphatic rings. The minimum absolute atomic E-state index is 0.0190. The predicted octanol–water partition coefficient (Wildman–Crippen LogP) is 2.04. The highest BCUT2D eigenvalue weighted by Gasteiger charge is 2.66. The first kappa shape index (κ1) is 19.1. The molecule has 0 saturated heterocycles. The van der Waals surface area contributed by atoms with E-state index in [1.54, 1.807) is 13.0 Å². The second kappa shape index (κ2) is 5.88. The number of hydrogen-bond acceptors (Lipinski definition) is 6. The Hall–Kier alpha value is -1.24. The summed E-state index contributed by atoms with van der Waals surface area (Å²) in [5.41, 5.74) is -0.583. The van der Waals surface area contributed by atoms with Gasteiger partial charge in [0.15, 0.2) is 5.78 Å². The zero-order valence-corrected chi connectivity index (χ0v) is 16.4. The summed E-state index contributed by atoms with van der Waals surface area (Å²) >= 11 is 0. The van der Waals surface area contributed by atoms with Gasteiger partial charge < -0.3 is 20.5 Å². The predicted molar refractivity (Wildman–Crippen MR) is 99.3 cm³/mol. The molecule has 150 valence electrons. The van der Waals surface area contributed by atoms with Crippen molar-refractivity contribution in [3.8, 4) is 0 Å². The van der Waals surface area contributed by atoms with Crippen LogP contribution in [0.5, 0.6) is 0 Å². The fourth-order valence-corrected chi connectivity index (χ4v) is 7.11. The first-order chi connectivity index (χ1) is 12.6. The number of rotatable bonds is 1. The van der Waals surface area contributed by atoms with Gasteiger partial charge in [-0.1, -0.05) is 19.0 Å². The zero-order chi connectivity index (χ0) is 19.8. The van der Waals surface area contributed by atoms with E-state index in [9.17, 15) is 25.3 Å². The van der Waals surface area contributed by atoms with E-state index in [-0.39, 0.29) is 30.0 Å². The van der Waals surface area contributed by atoms with Gasteiger partial charge in [0.1, 0.15) is 0 Å². The lowest BCUT2D eigenvalue weighted by molar-refractivity contribution is -0.151. The second-order valence-corrected chi connectivity index (χ2v) is 9.84. The quantitative estimate of drug-likeness (QED) is 0.318. The molecule has 0 radical (unpaired) electrons. The van der Waals surface area contributed by atoms with Gasteiger partial charge in [0.05, 0.1) is 23.5 Å². The highest BCUT2D eigenvalue weighted by molar-refractivity contribution is 5.95. The van der Waals surface area contributed by atoms with Crippen LogP contribution in [0.15, 0.2) is 16.8 Å². The maximum atomic E-state index is 13.0. The van der Waals surface area contributed by atoms with Crippen LogP contribution in [0, 0.1) is 28.6 Å². The highest BCUT2D eigenvalue weighted by Crippen LogP contribution is 2.67. The SMILES string of the molecule is C/C(=N/O)C1CC[C@@]2(O)C3=CC(=O)C4CC(O)C(O)CC4(C)C3CCC12C. The Labute approximate surface area is 160 Å². The molecular formula is C21H31NO5. The van der Waals surface area contributed by atoms with Gasteiger partial charge in [0.2, 0.25) is 0 Å². The largest absolute Gasteiger partial charge is 0.411 e. The molecule has 0 bridgehead atoms. The van der Waals surface area contributed by atoms with E-state index < -0.39 is 28.6 Å². The maximum absolute atomic E-state index is 13.0. The number of carbonyl (C=O) groups excluding carboxylic acids is 1. The van der Waals surface area contributed by atoms with Crippen LogP contribution < -0.4 is 0 Å². The second-order valence-electron chi connectivity index (χ2n) is 9.84. The molecule has 7 unspecified atom stereocenters. The summed E-state index contributed by atoms with van der Waals surface area (Å²) in [4.78, 5) is 13.0. The number of aliphatic hydroxyl groups is 3. The van der Waals surface area contributed by atoms with Crippen LogP contribution in [0.25, 0.3) is 0 Å². The van der Waals surface area contributed by atoms with E-state index in [1.165, 1.54) is 0 Å². The molecule has 0 aromatic carbocycles. The molecule has 27 heavy (non-hydrogen) atoms. The summed E-state index contributed by atoms with van der Waals surface area (Å²) < 4.78 is 0. The van der Waals surface area contributed by atoms with Crippen LogP contribution in [0.3, 0.4) is 0 Å². The third-order valence-electron chi connectivity index (χ3n) is 8.78. The minimum Gasteiger partial charge on any atom is -0.411 e. The summed E-state index contributed by atoms with van der Waals surface area (Å²) in [6, 6.07) is 0. The van der Waals surface area contributed by atoms with Crippen LogP contribution in [-0.2, 0) is 4.79 Å². The summed E-state index contributed by atoms with van der Waals surface area (Å²) in [7, 11) is 0. The van der Waals surface area contributed by atoms with E-state index in [0.29, 0.717) is 18.6 Å². The van der Waals surface area contributed by atoms with Crippen molar-refractivity contribution in [2.24, 2.45) is 33.7 Å². The van der Waals surface area contributed by atoms with Crippen LogP contribution in [0.2, 0.25) is 0 Å². The molecule has 8 atom stereocenters. The van der Waals surface area contributed by atoms with Gasteiger partial charge in [0.25, 0.3) is 0 Å². The van der Waals surface area contributed by atoms with Gasteiger partial charge in [0, 0.05) is 17.3 Å². The number of aliphatic hydroxyl groups excluding tert-OH is 2. The fourth-order valence-electron chi connectivity index (χ4n) is 7.11. The number of allylic oxidation sites excluding steroid dienone is 1. The maximum Gasteiger partial charge on any atom is 0.159 e. The minimum atomic E-state index is -1.10. The molecule has 0 aliphatic heterocycles. The third kappa shape index (κ3) is 2.29. The average molecular weight is 377 g/mol. The number of ketones is 1. The first-order valence-electron chi connectivity index (χ1n) is 10.1. The van der Waals surface area contributed by atoms with E-state index in [0.717, 1.165) is 24.8 Å². The van der Waals surface area contributed by atoms with Crippen molar-refractivity contribution < 1.29 is 25.3 Å². The average Bonchev–Trinajstić information content (AvgIpc) is 2.89. The molecule has 4 aliphatic carbocycles. The van der Waals surface area contributed by atoms with Crippen molar-refractivity contribution in [1.29, 1.82) is 0 Å². The van der Waals surface area contributed by atoms with Gasteiger partial charge >= 0.3 is 0 Å². The van der Waals surface area contributed by atoms with E-state index in [2.05, 4.69) is 12.1 Å². The third-order valence-corrected chi connectivity index (χ3v) is 8.78. The smallest absolute Gasteiger partial charge is 0.159 e. The molecule has 6 heteroatoms. The van der Waals surface area contributed by atoms with Crippen LogP contribution in [-0.4, -0.2) is 49.8 Å². The standard InChI is InChI=1S/C21H31NO5/c1-11(22-27)12-5-7-21(26)14-8-16(23)15-9-17(24)18(25)10-19(15,2)13(14)4-6-20(12,21)3/h8,12-13,15,17-18,24-27H,4-7,9-10H2,1-3H3/b22-11-/t12?,13?,15?,17?,18?,19?,20?,21-/m1/s1. The molecule has 3 saturated carbocycles. The zero-order valence-electron chi connectivity index (χ0n) is 16.4. The van der Waals surface area contributed by atoms with Crippen molar-refractivity contribution in [1.82, 2.24) is 0 Å². The number of nitrogens with zero attached hydrogens (tertiary/aromatic N) is 1. The lowest BCUT2D eigenvalue weighted by atomic mass is 9.46. The van der Waals surface area contributed by atoms with E-state index >= 15 is 0 Å². The molecule has 0 aromatic rings. The van der Waals surface area contributed by atoms with Crippen molar-refractivity contribution in [3.63, 3.8) is 0 Å². The van der Waals surface area contributed by atoms with Gasteiger partial charge in [-0.05, 0) is 68.4 Å². The molecule has 4 rings (SSSR count). The molecule has 4 N–H and O–H groups in total. The molecular weight excluding hydrogens is 346 g/mol. The number of hydrogen-bond donors (Lipinski definition) is 4. The van der Waals surface area contributed by atoms with E-state index in [1.807, 2.05) is 6.92 Å². The molecule has 0 aromatic heterocycles. The summed E-state index contributed by atoms with van der Waals surface area (Å²) in [6.45, 7) is 5.89. The number of oxime groups is 1. The molecule has 0 heterocycles. The van der Waals surface area contributed by atoms with Crippen molar-refractivity contribution >= 4 is 11.5 Å². The Bertz CT molecular complexity index is 732. The molecule has 0 amide bonds. The molecule has 0 spiro atoms. The molecule has 3 fully saturated rings. The summed E-state index contributed by atoms with van der Waals surface area (Å²) in [5.74, 6) is -0.349. The van der Waals surface area contributed by atoms with Gasteiger partial charge in [-0.15, -0.1) is 0 Å². The molecule has 6 nitrogen and oxygen atoms in total. The van der Waals surface area contributed by atoms with Crippen molar-refractivity contribution in [2.45, 2.75) is 77.1 Å². The first-order valence-corrected chi connectivity index (χ1v) is 10.1. The number of fused-ring (bicyclic) bond motifs is 5. The Morgan fingerprint density at radius 1 is 1.15 bits per heavy atom. The van der Waals surface area contributed by atoms with Crippen LogP contribution >= 0.6 is 0 Å². The van der Waals surface area contributed by atoms with Crippen molar-refractivity contribution in [2.75, 3.05) is 0 Å². The van der Waals surface area contributed by atoms with Gasteiger partial charge in [-0.25, -0.2) is 0 Å². The monoisotopic (exact) mass is 377 g/mol. The number of carbonyl (C=O) groups is 1. The van der Waals surface area contributed by atoms with Gasteiger partial charge in [-0.2, -0.15) is 0 Å². The Morgan fingerprint density at radius 3 is 2.52 bits per heavy atom. The Morgan fingerprint density at radius 2 is 1.85 bits per heavy atom. The van der Waals surface area contributed by atoms with Gasteiger partial charge in [-0.3, -0.25) is 4.79 Å². The highest BCUT2D eigenvalue weighted by atomic mass is 16.4. The van der Waals surface area contributed by atoms with Crippen molar-refractivity contribution in [3.05, 3.63) is 11.6 Å². The van der Waals surface area contributed by atoms with Crippen LogP contribution in [0.1, 0.15) is 59.3 Å². The fraction of sp³-hybridized carbons (Fsp3) is 0.810. The summed E-state index contributed by atoms with van der Waals surface area (Å²) in [5, 5.41) is 45.0. The lowest BCUT2D eigenvalue weighted by Crippen LogP contribution is -2.60. The Balaban J connectivity index is 1.79. The van der Waals surface area contributed by atoms with E-state index in [4.69, 9.17) is 0 Å². The van der Waals surface area contributed by atoms with Crippen LogP contribution in [0.4, 0.5) is 0 Å². The lowest BCUT2D eigenvalue weighted by Gasteiger charge is -2.59. The Kier molecular flexibility index (Phi) is 4.16. The topological polar surface area (TPSA) is 110 Å².